The zero-order chi connectivity index (χ0) is 6.85. The number of rotatable bonds is 2. The van der Waals surface area contributed by atoms with Crippen molar-refractivity contribution in [1.82, 2.24) is 0 Å². The number of carbonyl (C=O) groups is 1. The van der Waals surface area contributed by atoms with E-state index in [1.807, 2.05) is 0 Å². The number of halogens is 1. The predicted molar refractivity (Wildman–Crippen MR) is 29.9 cm³/mol. The summed E-state index contributed by atoms with van der Waals surface area (Å²) in [6.07, 6.45) is 0.859. The summed E-state index contributed by atoms with van der Waals surface area (Å²) in [5.74, 6) is -1.50. The smallest absolute Gasteiger partial charge is 0.338 e. The number of hydrogen-bond donors (Lipinski definition) is 1. The Bertz CT molecular complexity index is 120. The molecule has 0 aromatic carbocycles. The van der Waals surface area contributed by atoms with Crippen LogP contribution in [-0.2, 0) is 4.79 Å². The quantitative estimate of drug-likeness (QED) is 0.613. The van der Waals surface area contributed by atoms with Gasteiger partial charge >= 0.3 is 5.97 Å². The SMILES string of the molecule is O=C(O)[C@@H](F)C1CCC1. The van der Waals surface area contributed by atoms with Crippen LogP contribution in [0.1, 0.15) is 19.3 Å². The van der Waals surface area contributed by atoms with E-state index in [9.17, 15) is 9.18 Å². The van der Waals surface area contributed by atoms with Crippen molar-refractivity contribution in [3.05, 3.63) is 0 Å². The molecule has 9 heavy (non-hydrogen) atoms. The van der Waals surface area contributed by atoms with E-state index in [1.54, 1.807) is 0 Å². The second kappa shape index (κ2) is 2.33. The lowest BCUT2D eigenvalue weighted by Gasteiger charge is -2.25. The Hall–Kier alpha value is -0.600. The standard InChI is InChI=1S/C6H9FO2/c7-5(6(8)9)4-2-1-3-4/h4-5H,1-3H2,(H,8,9)/t5-/m0/s1. The van der Waals surface area contributed by atoms with E-state index in [4.69, 9.17) is 5.11 Å². The van der Waals surface area contributed by atoms with E-state index in [-0.39, 0.29) is 5.92 Å². The van der Waals surface area contributed by atoms with Gasteiger partial charge in [-0.1, -0.05) is 6.42 Å². The van der Waals surface area contributed by atoms with Gasteiger partial charge in [-0.15, -0.1) is 0 Å². The van der Waals surface area contributed by atoms with Crippen molar-refractivity contribution < 1.29 is 14.3 Å². The van der Waals surface area contributed by atoms with E-state index >= 15 is 0 Å². The van der Waals surface area contributed by atoms with E-state index < -0.39 is 12.1 Å². The first kappa shape index (κ1) is 6.52. The summed E-state index contributed by atoms with van der Waals surface area (Å²) >= 11 is 0. The Morgan fingerprint density at radius 2 is 2.22 bits per heavy atom. The first-order chi connectivity index (χ1) is 4.22. The molecule has 0 bridgehead atoms. The fourth-order valence-corrected chi connectivity index (χ4v) is 0.934. The molecular formula is C6H9FO2. The van der Waals surface area contributed by atoms with Gasteiger partial charge in [-0.05, 0) is 12.8 Å². The zero-order valence-corrected chi connectivity index (χ0v) is 5.01. The molecule has 1 aliphatic carbocycles. The van der Waals surface area contributed by atoms with Crippen LogP contribution in [0.25, 0.3) is 0 Å². The van der Waals surface area contributed by atoms with Crippen molar-refractivity contribution in [1.29, 1.82) is 0 Å². The van der Waals surface area contributed by atoms with Crippen LogP contribution in [-0.4, -0.2) is 17.2 Å². The van der Waals surface area contributed by atoms with Crippen LogP contribution in [0.4, 0.5) is 4.39 Å². The minimum absolute atomic E-state index is 0.192. The highest BCUT2D eigenvalue weighted by Gasteiger charge is 2.31. The summed E-state index contributed by atoms with van der Waals surface area (Å²) in [7, 11) is 0. The van der Waals surface area contributed by atoms with Gasteiger partial charge in [-0.2, -0.15) is 0 Å². The van der Waals surface area contributed by atoms with Crippen LogP contribution in [0.3, 0.4) is 0 Å². The highest BCUT2D eigenvalue weighted by atomic mass is 19.1. The maximum atomic E-state index is 12.4. The van der Waals surface area contributed by atoms with Gasteiger partial charge in [-0.25, -0.2) is 9.18 Å². The fraction of sp³-hybridized carbons (Fsp3) is 0.833. The van der Waals surface area contributed by atoms with Crippen molar-refractivity contribution in [3.8, 4) is 0 Å². The number of carboxylic acids is 1. The third-order valence-corrected chi connectivity index (χ3v) is 1.80. The molecule has 1 saturated carbocycles. The topological polar surface area (TPSA) is 37.3 Å². The highest BCUT2D eigenvalue weighted by Crippen LogP contribution is 2.31. The van der Waals surface area contributed by atoms with Crippen molar-refractivity contribution >= 4 is 5.97 Å². The van der Waals surface area contributed by atoms with Gasteiger partial charge in [0.1, 0.15) is 0 Å². The lowest BCUT2D eigenvalue weighted by atomic mass is 9.82. The Kier molecular flexibility index (Phi) is 1.69. The second-order valence-electron chi connectivity index (χ2n) is 2.43. The molecule has 1 aliphatic rings. The molecule has 1 fully saturated rings. The maximum Gasteiger partial charge on any atom is 0.338 e. The van der Waals surface area contributed by atoms with E-state index in [0.717, 1.165) is 19.3 Å². The maximum absolute atomic E-state index is 12.4. The molecule has 0 aromatic heterocycles. The monoisotopic (exact) mass is 132 g/mol. The molecule has 0 radical (unpaired) electrons. The summed E-state index contributed by atoms with van der Waals surface area (Å²) in [4.78, 5) is 9.96. The number of carboxylic acid groups (broad SMARTS) is 1. The molecule has 3 heteroatoms. The van der Waals surface area contributed by atoms with Gasteiger partial charge in [0.15, 0.2) is 6.17 Å². The van der Waals surface area contributed by atoms with Crippen LogP contribution in [0, 0.1) is 5.92 Å². The Labute approximate surface area is 52.7 Å². The summed E-state index contributed by atoms with van der Waals surface area (Å²) < 4.78 is 12.4. The number of aliphatic carboxylic acids is 1. The van der Waals surface area contributed by atoms with Gasteiger partial charge in [-0.3, -0.25) is 0 Å². The van der Waals surface area contributed by atoms with Crippen molar-refractivity contribution in [2.45, 2.75) is 25.4 Å². The van der Waals surface area contributed by atoms with Gasteiger partial charge in [0.05, 0.1) is 0 Å². The van der Waals surface area contributed by atoms with Crippen LogP contribution >= 0.6 is 0 Å². The minimum atomic E-state index is -1.61. The van der Waals surface area contributed by atoms with Crippen LogP contribution < -0.4 is 0 Å². The van der Waals surface area contributed by atoms with Gasteiger partial charge in [0, 0.05) is 5.92 Å². The summed E-state index contributed by atoms with van der Waals surface area (Å²) in [5.41, 5.74) is 0. The molecule has 1 atom stereocenters. The van der Waals surface area contributed by atoms with E-state index in [0.29, 0.717) is 0 Å². The third-order valence-electron chi connectivity index (χ3n) is 1.80. The van der Waals surface area contributed by atoms with Crippen molar-refractivity contribution in [2.75, 3.05) is 0 Å². The van der Waals surface area contributed by atoms with Crippen LogP contribution in [0.5, 0.6) is 0 Å². The first-order valence-electron chi connectivity index (χ1n) is 3.08. The zero-order valence-electron chi connectivity index (χ0n) is 5.01. The molecule has 0 unspecified atom stereocenters. The molecule has 0 aromatic rings. The fourth-order valence-electron chi connectivity index (χ4n) is 0.934. The molecule has 2 nitrogen and oxygen atoms in total. The first-order valence-corrected chi connectivity index (χ1v) is 3.08. The average Bonchev–Trinajstić information content (AvgIpc) is 1.60. The lowest BCUT2D eigenvalue weighted by Crippen LogP contribution is -2.29. The molecule has 0 aliphatic heterocycles. The Morgan fingerprint density at radius 1 is 1.67 bits per heavy atom. The van der Waals surface area contributed by atoms with Crippen molar-refractivity contribution in [2.24, 2.45) is 5.92 Å². The average molecular weight is 132 g/mol. The Morgan fingerprint density at radius 3 is 2.33 bits per heavy atom. The number of hydrogen-bond acceptors (Lipinski definition) is 1. The molecular weight excluding hydrogens is 123 g/mol. The van der Waals surface area contributed by atoms with Crippen LogP contribution in [0.15, 0.2) is 0 Å². The predicted octanol–water partition coefficient (Wildman–Crippen LogP) is 1.21. The normalized spacial score (nSPS) is 22.8. The summed E-state index contributed by atoms with van der Waals surface area (Å²) in [6.45, 7) is 0. The molecule has 0 saturated heterocycles. The second-order valence-corrected chi connectivity index (χ2v) is 2.43. The summed E-state index contributed by atoms with van der Waals surface area (Å²) in [6, 6.07) is 0. The van der Waals surface area contributed by atoms with E-state index in [2.05, 4.69) is 0 Å². The molecule has 0 amide bonds. The van der Waals surface area contributed by atoms with Gasteiger partial charge < -0.3 is 5.11 Å². The lowest BCUT2D eigenvalue weighted by molar-refractivity contribution is -0.146. The van der Waals surface area contributed by atoms with Gasteiger partial charge in [0.25, 0.3) is 0 Å². The molecule has 1 rings (SSSR count). The van der Waals surface area contributed by atoms with E-state index in [1.165, 1.54) is 0 Å². The number of alkyl halides is 1. The van der Waals surface area contributed by atoms with Crippen LogP contribution in [0.2, 0.25) is 0 Å². The largest absolute Gasteiger partial charge is 0.479 e. The minimum Gasteiger partial charge on any atom is -0.479 e. The van der Waals surface area contributed by atoms with Gasteiger partial charge in [0.2, 0.25) is 0 Å². The molecule has 52 valence electrons. The molecule has 0 spiro atoms. The summed E-state index contributed by atoms with van der Waals surface area (Å²) in [5, 5.41) is 8.14. The molecule has 0 heterocycles. The molecule has 1 N–H and O–H groups in total. The highest BCUT2D eigenvalue weighted by molar-refractivity contribution is 5.72. The van der Waals surface area contributed by atoms with Crippen molar-refractivity contribution in [3.63, 3.8) is 0 Å². The Balaban J connectivity index is 2.32. The third kappa shape index (κ3) is 1.20.